The Labute approximate surface area is 185 Å². The fourth-order valence-electron chi connectivity index (χ4n) is 3.23. The third kappa shape index (κ3) is 5.39. The average molecular weight is 441 g/mol. The van der Waals surface area contributed by atoms with Crippen LogP contribution in [0.2, 0.25) is 0 Å². The van der Waals surface area contributed by atoms with E-state index in [9.17, 15) is 9.18 Å². The summed E-state index contributed by atoms with van der Waals surface area (Å²) in [6.07, 6.45) is 3.65. The van der Waals surface area contributed by atoms with Crippen molar-refractivity contribution in [3.05, 3.63) is 65.1 Å². The summed E-state index contributed by atoms with van der Waals surface area (Å²) in [5.41, 5.74) is 9.43. The van der Waals surface area contributed by atoms with Crippen molar-refractivity contribution in [2.45, 2.75) is 24.5 Å². The van der Waals surface area contributed by atoms with Crippen molar-refractivity contribution in [1.82, 2.24) is 14.9 Å². The van der Waals surface area contributed by atoms with Crippen molar-refractivity contribution in [3.8, 4) is 17.1 Å². The maximum Gasteiger partial charge on any atom is 0.258 e. The monoisotopic (exact) mass is 440 g/mol. The number of ether oxygens (including phenoxy) is 1. The number of anilines is 1. The van der Waals surface area contributed by atoms with Crippen molar-refractivity contribution in [2.24, 2.45) is 0 Å². The van der Waals surface area contributed by atoms with E-state index in [-0.39, 0.29) is 11.7 Å². The molecule has 0 bridgehead atoms. The number of nitrogen functional groups attached to an aromatic ring is 1. The van der Waals surface area contributed by atoms with Gasteiger partial charge in [-0.1, -0.05) is 6.07 Å². The van der Waals surface area contributed by atoms with E-state index in [0.29, 0.717) is 23.1 Å². The van der Waals surface area contributed by atoms with E-state index in [0.717, 1.165) is 22.6 Å². The number of hydrogen-bond acceptors (Lipinski definition) is 7. The van der Waals surface area contributed by atoms with Gasteiger partial charge in [0.2, 0.25) is 0 Å². The Morgan fingerprint density at radius 1 is 1.26 bits per heavy atom. The fourth-order valence-corrected chi connectivity index (χ4v) is 3.67. The van der Waals surface area contributed by atoms with Crippen LogP contribution in [0.4, 0.5) is 10.2 Å². The molecular formula is C23H25FN4O2S. The smallest absolute Gasteiger partial charge is 0.258 e. The minimum absolute atomic E-state index is 0.120. The summed E-state index contributed by atoms with van der Waals surface area (Å²) < 4.78 is 19.7. The lowest BCUT2D eigenvalue weighted by Crippen LogP contribution is -2.12. The minimum Gasteiger partial charge on any atom is -0.467 e. The van der Waals surface area contributed by atoms with Crippen molar-refractivity contribution >= 4 is 23.9 Å². The van der Waals surface area contributed by atoms with Gasteiger partial charge in [0.15, 0.2) is 5.82 Å². The van der Waals surface area contributed by atoms with E-state index in [1.165, 1.54) is 18.2 Å². The molecule has 0 aliphatic carbocycles. The van der Waals surface area contributed by atoms with Crippen molar-refractivity contribution in [3.63, 3.8) is 0 Å². The standard InChI is InChI=1S/C23H25FN4O2S/c1-14(19-9-17(24)7-5-16(19)13-29)30-23-22(25)26-11-21(27-23)20-10-18(31-4)8-6-15(20)12-28(2)3/h5-11,13-14H,12H2,1-4H3,(H2,25,26). The SMILES string of the molecule is CSc1ccc(CN(C)C)c(-c2cnc(N)c(OC(C)c3cc(F)ccc3C=O)n2)c1. The molecule has 0 fully saturated rings. The third-order valence-corrected chi connectivity index (χ3v) is 5.47. The van der Waals surface area contributed by atoms with Gasteiger partial charge in [-0.25, -0.2) is 14.4 Å². The second-order valence-electron chi connectivity index (χ2n) is 7.36. The molecule has 0 saturated heterocycles. The number of halogens is 1. The summed E-state index contributed by atoms with van der Waals surface area (Å²) >= 11 is 1.64. The highest BCUT2D eigenvalue weighted by Crippen LogP contribution is 2.32. The summed E-state index contributed by atoms with van der Waals surface area (Å²) in [7, 11) is 4.00. The Hall–Kier alpha value is -2.97. The molecule has 0 radical (unpaired) electrons. The van der Waals surface area contributed by atoms with Gasteiger partial charge in [0.25, 0.3) is 5.88 Å². The van der Waals surface area contributed by atoms with Gasteiger partial charge in [-0.2, -0.15) is 0 Å². The van der Waals surface area contributed by atoms with E-state index < -0.39 is 11.9 Å². The van der Waals surface area contributed by atoms with Gasteiger partial charge in [-0.05, 0) is 63.2 Å². The number of nitrogens with two attached hydrogens (primary N) is 1. The average Bonchev–Trinajstić information content (AvgIpc) is 2.75. The second-order valence-corrected chi connectivity index (χ2v) is 8.24. The van der Waals surface area contributed by atoms with Gasteiger partial charge in [-0.15, -0.1) is 11.8 Å². The molecule has 0 spiro atoms. The van der Waals surface area contributed by atoms with Crippen LogP contribution >= 0.6 is 11.8 Å². The number of hydrogen-bond donors (Lipinski definition) is 1. The first-order valence-electron chi connectivity index (χ1n) is 9.68. The van der Waals surface area contributed by atoms with Crippen LogP contribution in [0.3, 0.4) is 0 Å². The maximum atomic E-state index is 13.7. The summed E-state index contributed by atoms with van der Waals surface area (Å²) in [4.78, 5) is 23.4. The van der Waals surface area contributed by atoms with Gasteiger partial charge in [0, 0.05) is 28.1 Å². The first-order valence-corrected chi connectivity index (χ1v) is 10.9. The summed E-state index contributed by atoms with van der Waals surface area (Å²) in [5.74, 6) is -0.197. The molecule has 2 aromatic carbocycles. The highest BCUT2D eigenvalue weighted by atomic mass is 32.2. The number of aldehydes is 1. The molecule has 0 saturated carbocycles. The molecule has 1 unspecified atom stereocenters. The minimum atomic E-state index is -0.651. The normalized spacial score (nSPS) is 12.1. The van der Waals surface area contributed by atoms with Crippen LogP contribution in [-0.4, -0.2) is 41.5 Å². The number of thioether (sulfide) groups is 1. The van der Waals surface area contributed by atoms with Crippen molar-refractivity contribution in [2.75, 3.05) is 26.1 Å². The van der Waals surface area contributed by atoms with Crippen LogP contribution in [0.15, 0.2) is 47.5 Å². The Bertz CT molecular complexity index is 1090. The summed E-state index contributed by atoms with van der Waals surface area (Å²) in [6, 6.07) is 10.1. The molecule has 0 amide bonds. The van der Waals surface area contributed by atoms with Crippen molar-refractivity contribution < 1.29 is 13.9 Å². The van der Waals surface area contributed by atoms with E-state index in [1.54, 1.807) is 24.9 Å². The van der Waals surface area contributed by atoms with Crippen LogP contribution in [0.5, 0.6) is 5.88 Å². The number of aromatic nitrogens is 2. The van der Waals surface area contributed by atoms with Crippen LogP contribution in [0.1, 0.15) is 34.5 Å². The fraction of sp³-hybridized carbons (Fsp3) is 0.261. The molecule has 0 aliphatic heterocycles. The Balaban J connectivity index is 2.00. The molecular weight excluding hydrogens is 415 g/mol. The molecule has 162 valence electrons. The predicted molar refractivity (Wildman–Crippen MR) is 122 cm³/mol. The van der Waals surface area contributed by atoms with E-state index in [2.05, 4.69) is 33.1 Å². The first kappa shape index (κ1) is 22.7. The lowest BCUT2D eigenvalue weighted by Gasteiger charge is -2.18. The number of carbonyl (C=O) groups is 1. The number of carbonyl (C=O) groups excluding carboxylic acids is 1. The van der Waals surface area contributed by atoms with Crippen LogP contribution in [-0.2, 0) is 6.54 Å². The zero-order chi connectivity index (χ0) is 22.5. The molecule has 2 N–H and O–H groups in total. The Morgan fingerprint density at radius 2 is 2.03 bits per heavy atom. The maximum absolute atomic E-state index is 13.7. The van der Waals surface area contributed by atoms with Crippen LogP contribution in [0.25, 0.3) is 11.3 Å². The van der Waals surface area contributed by atoms with Crippen LogP contribution in [0, 0.1) is 5.82 Å². The zero-order valence-electron chi connectivity index (χ0n) is 17.9. The highest BCUT2D eigenvalue weighted by Gasteiger charge is 2.18. The summed E-state index contributed by atoms with van der Waals surface area (Å²) in [5, 5.41) is 0. The summed E-state index contributed by atoms with van der Waals surface area (Å²) in [6.45, 7) is 2.44. The van der Waals surface area contributed by atoms with Crippen molar-refractivity contribution in [1.29, 1.82) is 0 Å². The second kappa shape index (κ2) is 9.89. The zero-order valence-corrected chi connectivity index (χ0v) is 18.7. The highest BCUT2D eigenvalue weighted by molar-refractivity contribution is 7.98. The van der Waals surface area contributed by atoms with Gasteiger partial charge in [0.05, 0.1) is 11.9 Å². The molecule has 6 nitrogen and oxygen atoms in total. The predicted octanol–water partition coefficient (Wildman–Crippen LogP) is 4.60. The lowest BCUT2D eigenvalue weighted by molar-refractivity contribution is 0.111. The molecule has 3 rings (SSSR count). The van der Waals surface area contributed by atoms with Gasteiger partial charge in [-0.3, -0.25) is 4.79 Å². The number of benzene rings is 2. The largest absolute Gasteiger partial charge is 0.467 e. The third-order valence-electron chi connectivity index (χ3n) is 4.75. The molecule has 1 aromatic heterocycles. The molecule has 1 heterocycles. The molecule has 8 heteroatoms. The Morgan fingerprint density at radius 3 is 2.71 bits per heavy atom. The number of nitrogens with zero attached hydrogens (tertiary/aromatic N) is 3. The van der Waals surface area contributed by atoms with E-state index in [1.807, 2.05) is 20.4 Å². The van der Waals surface area contributed by atoms with E-state index >= 15 is 0 Å². The first-order chi connectivity index (χ1) is 14.8. The Kier molecular flexibility index (Phi) is 7.25. The molecule has 1 atom stereocenters. The lowest BCUT2D eigenvalue weighted by atomic mass is 10.0. The van der Waals surface area contributed by atoms with Gasteiger partial charge in [0.1, 0.15) is 18.2 Å². The van der Waals surface area contributed by atoms with Gasteiger partial charge >= 0.3 is 0 Å². The quantitative estimate of drug-likeness (QED) is 0.405. The molecule has 0 aliphatic rings. The molecule has 31 heavy (non-hydrogen) atoms. The van der Waals surface area contributed by atoms with E-state index in [4.69, 9.17) is 10.5 Å². The number of rotatable bonds is 8. The topological polar surface area (TPSA) is 81.3 Å². The molecule has 3 aromatic rings. The van der Waals surface area contributed by atoms with Gasteiger partial charge < -0.3 is 15.4 Å². The van der Waals surface area contributed by atoms with Crippen LogP contribution < -0.4 is 10.5 Å².